The van der Waals surface area contributed by atoms with Crippen LogP contribution in [0, 0.1) is 0 Å². The van der Waals surface area contributed by atoms with Crippen LogP contribution in [0.15, 0.2) is 66.7 Å². The van der Waals surface area contributed by atoms with Gasteiger partial charge in [0.05, 0.1) is 0 Å². The highest BCUT2D eigenvalue weighted by Crippen LogP contribution is 2.55. The molecule has 0 spiro atoms. The van der Waals surface area contributed by atoms with Crippen molar-refractivity contribution < 1.29 is 9.47 Å². The quantitative estimate of drug-likeness (QED) is 0.639. The Bertz CT molecular complexity index is 1000. The number of fused-ring (bicyclic) bond motifs is 5. The number of nitrogen functional groups attached to an aromatic ring is 2. The first-order chi connectivity index (χ1) is 13.2. The summed E-state index contributed by atoms with van der Waals surface area (Å²) in [5.41, 5.74) is 15.9. The first-order valence-corrected chi connectivity index (χ1v) is 9.37. The highest BCUT2D eigenvalue weighted by molar-refractivity contribution is 5.51. The molecule has 136 valence electrons. The largest absolute Gasteiger partial charge is 0.489 e. The molecule has 1 saturated carbocycles. The second kappa shape index (κ2) is 6.23. The Labute approximate surface area is 158 Å². The van der Waals surface area contributed by atoms with Gasteiger partial charge in [-0.3, -0.25) is 0 Å². The van der Waals surface area contributed by atoms with Crippen molar-refractivity contribution in [2.75, 3.05) is 11.5 Å². The van der Waals surface area contributed by atoms with Crippen molar-refractivity contribution in [3.63, 3.8) is 0 Å². The molecule has 0 aromatic heterocycles. The van der Waals surface area contributed by atoms with E-state index in [0.29, 0.717) is 17.5 Å². The van der Waals surface area contributed by atoms with E-state index in [1.165, 1.54) is 17.5 Å². The smallest absolute Gasteiger partial charge is 0.129 e. The van der Waals surface area contributed by atoms with Crippen LogP contribution < -0.4 is 20.9 Å². The van der Waals surface area contributed by atoms with E-state index >= 15 is 0 Å². The van der Waals surface area contributed by atoms with Gasteiger partial charge in [0.1, 0.15) is 23.4 Å². The third-order valence-corrected chi connectivity index (χ3v) is 5.66. The minimum absolute atomic E-state index is 0.171. The van der Waals surface area contributed by atoms with Crippen molar-refractivity contribution >= 4 is 11.4 Å². The molecule has 4 nitrogen and oxygen atoms in total. The van der Waals surface area contributed by atoms with Crippen molar-refractivity contribution in [3.05, 3.63) is 77.9 Å². The molecule has 4 N–H and O–H groups in total. The molecule has 0 heterocycles. The summed E-state index contributed by atoms with van der Waals surface area (Å²) in [5.74, 6) is 3.28. The normalized spacial score (nSPS) is 22.4. The molecule has 1 fully saturated rings. The minimum Gasteiger partial charge on any atom is -0.489 e. The van der Waals surface area contributed by atoms with E-state index in [4.69, 9.17) is 20.9 Å². The summed E-state index contributed by atoms with van der Waals surface area (Å²) in [7, 11) is 0. The zero-order chi connectivity index (χ0) is 18.4. The predicted molar refractivity (Wildman–Crippen MR) is 107 cm³/mol. The molecule has 0 radical (unpaired) electrons. The zero-order valence-corrected chi connectivity index (χ0v) is 15.0. The molecule has 0 saturated heterocycles. The predicted octanol–water partition coefficient (Wildman–Crippen LogP) is 5.07. The van der Waals surface area contributed by atoms with Gasteiger partial charge in [0.2, 0.25) is 0 Å². The van der Waals surface area contributed by atoms with E-state index in [0.717, 1.165) is 29.4 Å². The Kier molecular flexibility index (Phi) is 3.71. The van der Waals surface area contributed by atoms with E-state index in [2.05, 4.69) is 12.1 Å². The van der Waals surface area contributed by atoms with Gasteiger partial charge in [0.25, 0.3) is 0 Å². The Morgan fingerprint density at radius 2 is 1.30 bits per heavy atom. The van der Waals surface area contributed by atoms with E-state index in [1.807, 2.05) is 54.6 Å². The fourth-order valence-electron chi connectivity index (χ4n) is 4.53. The first-order valence-electron chi connectivity index (χ1n) is 9.37. The van der Waals surface area contributed by atoms with Gasteiger partial charge in [-0.25, -0.2) is 0 Å². The average Bonchev–Trinajstić information content (AvgIpc) is 3.17. The summed E-state index contributed by atoms with van der Waals surface area (Å²) in [6.45, 7) is 0. The number of ether oxygens (including phenoxy) is 2. The molecule has 2 aliphatic rings. The fraction of sp³-hybridized carbons (Fsp3) is 0.217. The van der Waals surface area contributed by atoms with E-state index in [-0.39, 0.29) is 6.10 Å². The summed E-state index contributed by atoms with van der Waals surface area (Å²) >= 11 is 0. The van der Waals surface area contributed by atoms with Crippen LogP contribution in [-0.2, 0) is 0 Å². The highest BCUT2D eigenvalue weighted by Gasteiger charge is 2.47. The summed E-state index contributed by atoms with van der Waals surface area (Å²) in [6.07, 6.45) is 2.48. The van der Waals surface area contributed by atoms with Crippen molar-refractivity contribution in [2.45, 2.75) is 30.8 Å². The van der Waals surface area contributed by atoms with E-state index in [1.54, 1.807) is 0 Å². The first kappa shape index (κ1) is 16.1. The van der Waals surface area contributed by atoms with Gasteiger partial charge in [-0.2, -0.15) is 0 Å². The number of rotatable bonds is 4. The molecule has 3 aromatic rings. The molecule has 0 aliphatic heterocycles. The lowest BCUT2D eigenvalue weighted by molar-refractivity contribution is 0.186. The van der Waals surface area contributed by atoms with Crippen molar-refractivity contribution in [3.8, 4) is 17.2 Å². The summed E-state index contributed by atoms with van der Waals surface area (Å²) in [5, 5.41) is 0. The van der Waals surface area contributed by atoms with Crippen LogP contribution in [0.25, 0.3) is 0 Å². The van der Waals surface area contributed by atoms with Gasteiger partial charge >= 0.3 is 0 Å². The molecular weight excluding hydrogens is 336 g/mol. The summed E-state index contributed by atoms with van der Waals surface area (Å²) in [4.78, 5) is 0. The summed E-state index contributed by atoms with van der Waals surface area (Å²) < 4.78 is 12.4. The number of benzene rings is 3. The highest BCUT2D eigenvalue weighted by atomic mass is 16.5. The second-order valence-corrected chi connectivity index (χ2v) is 7.41. The van der Waals surface area contributed by atoms with Crippen LogP contribution in [0.4, 0.5) is 11.4 Å². The zero-order valence-electron chi connectivity index (χ0n) is 15.0. The summed E-state index contributed by atoms with van der Waals surface area (Å²) in [6, 6.07) is 21.6. The molecular formula is C23H22N2O2. The van der Waals surface area contributed by atoms with Crippen LogP contribution in [0.2, 0.25) is 0 Å². The lowest BCUT2D eigenvalue weighted by Gasteiger charge is -2.19. The van der Waals surface area contributed by atoms with Gasteiger partial charge in [-0.05, 0) is 60.4 Å². The lowest BCUT2D eigenvalue weighted by Crippen LogP contribution is -2.19. The monoisotopic (exact) mass is 358 g/mol. The van der Waals surface area contributed by atoms with Gasteiger partial charge in [0.15, 0.2) is 0 Å². The maximum absolute atomic E-state index is 6.36. The number of hydrogen-bond donors (Lipinski definition) is 2. The molecule has 2 aliphatic carbocycles. The molecule has 3 atom stereocenters. The Morgan fingerprint density at radius 1 is 0.667 bits per heavy atom. The van der Waals surface area contributed by atoms with Crippen LogP contribution in [-0.4, -0.2) is 6.10 Å². The molecule has 4 heteroatoms. The van der Waals surface area contributed by atoms with Gasteiger partial charge < -0.3 is 20.9 Å². The fourth-order valence-corrected chi connectivity index (χ4v) is 4.53. The lowest BCUT2D eigenvalue weighted by atomic mass is 9.92. The SMILES string of the molecule is Nc1cccc(Oc2ccc3c(c2)C2CCC3C2Oc2cccc(N)c2)c1. The van der Waals surface area contributed by atoms with Crippen LogP contribution >= 0.6 is 0 Å². The third kappa shape index (κ3) is 2.87. The number of anilines is 2. The Morgan fingerprint density at radius 3 is 2.04 bits per heavy atom. The second-order valence-electron chi connectivity index (χ2n) is 7.41. The maximum atomic E-state index is 6.36. The van der Waals surface area contributed by atoms with Crippen LogP contribution in [0.5, 0.6) is 17.2 Å². The molecule has 3 unspecified atom stereocenters. The number of nitrogens with two attached hydrogens (primary N) is 2. The topological polar surface area (TPSA) is 70.5 Å². The molecule has 5 rings (SSSR count). The van der Waals surface area contributed by atoms with E-state index in [9.17, 15) is 0 Å². The maximum Gasteiger partial charge on any atom is 0.129 e. The standard InChI is InChI=1S/C23H22N2O2/c24-14-3-1-5-16(11-14)26-18-7-8-19-20-9-10-21(22(19)13-18)23(20)27-17-6-2-4-15(25)12-17/h1-8,11-13,20-21,23H,9-10,24-25H2. The van der Waals surface area contributed by atoms with Crippen molar-refractivity contribution in [1.29, 1.82) is 0 Å². The Hall–Kier alpha value is -3.14. The molecule has 3 aromatic carbocycles. The van der Waals surface area contributed by atoms with Crippen molar-refractivity contribution in [1.82, 2.24) is 0 Å². The van der Waals surface area contributed by atoms with Gasteiger partial charge in [-0.15, -0.1) is 0 Å². The molecule has 0 amide bonds. The number of hydrogen-bond acceptors (Lipinski definition) is 4. The van der Waals surface area contributed by atoms with Crippen molar-refractivity contribution in [2.24, 2.45) is 0 Å². The molecule has 27 heavy (non-hydrogen) atoms. The van der Waals surface area contributed by atoms with Gasteiger partial charge in [-0.1, -0.05) is 18.2 Å². The van der Waals surface area contributed by atoms with E-state index < -0.39 is 0 Å². The van der Waals surface area contributed by atoms with Gasteiger partial charge in [0, 0.05) is 35.3 Å². The average molecular weight is 358 g/mol. The molecule has 2 bridgehead atoms. The third-order valence-electron chi connectivity index (χ3n) is 5.66. The van der Waals surface area contributed by atoms with Crippen LogP contribution in [0.3, 0.4) is 0 Å². The Balaban J connectivity index is 1.40. The minimum atomic E-state index is 0.171. The van der Waals surface area contributed by atoms with Crippen LogP contribution in [0.1, 0.15) is 35.8 Å².